The van der Waals surface area contributed by atoms with Gasteiger partial charge < -0.3 is 15.6 Å². The minimum absolute atomic E-state index is 0. The van der Waals surface area contributed by atoms with E-state index in [1.54, 1.807) is 6.33 Å². The molecule has 0 saturated heterocycles. The first-order valence-corrected chi connectivity index (χ1v) is 8.62. The highest BCUT2D eigenvalue weighted by molar-refractivity contribution is 5.85. The second kappa shape index (κ2) is 12.7. The maximum absolute atomic E-state index is 12.0. The Balaban J connectivity index is 0.00000312. The number of nitrogens with one attached hydrogen (secondary N) is 1. The predicted octanol–water partition coefficient (Wildman–Crippen LogP) is 3.20. The van der Waals surface area contributed by atoms with Crippen LogP contribution in [0.2, 0.25) is 0 Å². The Morgan fingerprint density at radius 1 is 1.23 bits per heavy atom. The van der Waals surface area contributed by atoms with Gasteiger partial charge in [0.1, 0.15) is 0 Å². The van der Waals surface area contributed by atoms with E-state index < -0.39 is 6.04 Å². The van der Waals surface area contributed by atoms with Crippen molar-refractivity contribution in [3.63, 3.8) is 0 Å². The summed E-state index contributed by atoms with van der Waals surface area (Å²) < 4.78 is 2.01. The summed E-state index contributed by atoms with van der Waals surface area (Å²) in [7, 11) is 0. The van der Waals surface area contributed by atoms with E-state index in [4.69, 9.17) is 5.73 Å². The standard InChI is InChI=1S/C19H28N4O.2ClH/c1-15(2)7-6-10-21-19(24)18(20)11-17-13-23(14-22-17)12-16-8-4-3-5-9-16;;/h3-5,8-9,13-15,18H,6-7,10-12,20H2,1-2H3,(H,21,24);2*1H/t18-;;/m0../s1. The molecule has 1 heterocycles. The number of carbonyl (C=O) groups is 1. The van der Waals surface area contributed by atoms with E-state index in [9.17, 15) is 4.79 Å². The lowest BCUT2D eigenvalue weighted by Gasteiger charge is -2.11. The Labute approximate surface area is 168 Å². The van der Waals surface area contributed by atoms with Gasteiger partial charge in [-0.1, -0.05) is 44.2 Å². The summed E-state index contributed by atoms with van der Waals surface area (Å²) in [5.41, 5.74) is 8.05. The summed E-state index contributed by atoms with van der Waals surface area (Å²) in [6, 6.07) is 9.65. The van der Waals surface area contributed by atoms with Crippen LogP contribution in [0, 0.1) is 5.92 Å². The number of rotatable bonds is 9. The summed E-state index contributed by atoms with van der Waals surface area (Å²) in [5, 5.41) is 2.91. The van der Waals surface area contributed by atoms with E-state index in [-0.39, 0.29) is 30.7 Å². The van der Waals surface area contributed by atoms with Crippen molar-refractivity contribution in [2.24, 2.45) is 11.7 Å². The van der Waals surface area contributed by atoms with Gasteiger partial charge >= 0.3 is 0 Å². The molecular formula is C19H30Cl2N4O. The number of nitrogens with zero attached hydrogens (tertiary/aromatic N) is 2. The van der Waals surface area contributed by atoms with Gasteiger partial charge in [0.15, 0.2) is 0 Å². The van der Waals surface area contributed by atoms with Crippen molar-refractivity contribution in [3.05, 3.63) is 54.1 Å². The summed E-state index contributed by atoms with van der Waals surface area (Å²) in [4.78, 5) is 16.4. The summed E-state index contributed by atoms with van der Waals surface area (Å²) in [6.45, 7) is 5.82. The highest BCUT2D eigenvalue weighted by atomic mass is 35.5. The molecule has 1 amide bonds. The number of aromatic nitrogens is 2. The Morgan fingerprint density at radius 3 is 2.58 bits per heavy atom. The second-order valence-electron chi connectivity index (χ2n) is 6.66. The number of hydrogen-bond acceptors (Lipinski definition) is 3. The molecule has 1 atom stereocenters. The van der Waals surface area contributed by atoms with Crippen molar-refractivity contribution in [2.45, 2.75) is 45.7 Å². The van der Waals surface area contributed by atoms with Gasteiger partial charge in [-0.15, -0.1) is 24.8 Å². The van der Waals surface area contributed by atoms with Crippen LogP contribution in [0.4, 0.5) is 0 Å². The summed E-state index contributed by atoms with van der Waals surface area (Å²) in [6.07, 6.45) is 6.30. The van der Waals surface area contributed by atoms with Gasteiger partial charge in [-0.3, -0.25) is 4.79 Å². The molecule has 2 rings (SSSR count). The molecule has 0 fully saturated rings. The minimum Gasteiger partial charge on any atom is -0.355 e. The Morgan fingerprint density at radius 2 is 1.92 bits per heavy atom. The van der Waals surface area contributed by atoms with Crippen LogP contribution in [-0.4, -0.2) is 28.0 Å². The fourth-order valence-corrected chi connectivity index (χ4v) is 2.56. The number of benzene rings is 1. The number of hydrogen-bond donors (Lipinski definition) is 2. The highest BCUT2D eigenvalue weighted by Gasteiger charge is 2.15. The van der Waals surface area contributed by atoms with Crippen molar-refractivity contribution in [3.8, 4) is 0 Å². The molecule has 26 heavy (non-hydrogen) atoms. The molecule has 0 radical (unpaired) electrons. The minimum atomic E-state index is -0.552. The first-order chi connectivity index (χ1) is 11.5. The van der Waals surface area contributed by atoms with Gasteiger partial charge in [0, 0.05) is 25.7 Å². The normalized spacial score (nSPS) is 11.4. The molecule has 0 aliphatic carbocycles. The molecule has 146 valence electrons. The molecule has 0 spiro atoms. The second-order valence-corrected chi connectivity index (χ2v) is 6.66. The Kier molecular flexibility index (Phi) is 12.0. The van der Waals surface area contributed by atoms with E-state index in [0.29, 0.717) is 18.9 Å². The fourth-order valence-electron chi connectivity index (χ4n) is 2.56. The Bertz CT molecular complexity index is 631. The van der Waals surface area contributed by atoms with Gasteiger partial charge in [-0.25, -0.2) is 4.98 Å². The zero-order valence-corrected chi connectivity index (χ0v) is 17.1. The number of amides is 1. The van der Waals surface area contributed by atoms with Gasteiger partial charge in [0.2, 0.25) is 5.91 Å². The van der Waals surface area contributed by atoms with Crippen LogP contribution in [0.1, 0.15) is 37.9 Å². The fraction of sp³-hybridized carbons (Fsp3) is 0.474. The first kappa shape index (κ1) is 24.4. The lowest BCUT2D eigenvalue weighted by Crippen LogP contribution is -2.42. The SMILES string of the molecule is CC(C)CCCNC(=O)[C@@H](N)Cc1cn(Cc2ccccc2)cn1.Cl.Cl. The van der Waals surface area contributed by atoms with Gasteiger partial charge in [0.05, 0.1) is 18.1 Å². The molecule has 0 saturated carbocycles. The van der Waals surface area contributed by atoms with Gasteiger partial charge in [-0.05, 0) is 24.3 Å². The van der Waals surface area contributed by atoms with E-state index in [1.165, 1.54) is 5.56 Å². The van der Waals surface area contributed by atoms with Crippen molar-refractivity contribution in [1.82, 2.24) is 14.9 Å². The van der Waals surface area contributed by atoms with Crippen LogP contribution in [-0.2, 0) is 17.8 Å². The van der Waals surface area contributed by atoms with Crippen LogP contribution in [0.5, 0.6) is 0 Å². The van der Waals surface area contributed by atoms with Crippen molar-refractivity contribution >= 4 is 30.7 Å². The van der Waals surface area contributed by atoms with Crippen LogP contribution >= 0.6 is 24.8 Å². The van der Waals surface area contributed by atoms with Gasteiger partial charge in [0.25, 0.3) is 0 Å². The van der Waals surface area contributed by atoms with E-state index >= 15 is 0 Å². The third kappa shape index (κ3) is 8.70. The van der Waals surface area contributed by atoms with Crippen LogP contribution in [0.25, 0.3) is 0 Å². The predicted molar refractivity (Wildman–Crippen MR) is 111 cm³/mol. The lowest BCUT2D eigenvalue weighted by molar-refractivity contribution is -0.122. The summed E-state index contributed by atoms with van der Waals surface area (Å²) >= 11 is 0. The Hall–Kier alpha value is -1.56. The average molecular weight is 401 g/mol. The number of nitrogens with two attached hydrogens (primary N) is 1. The molecule has 0 bridgehead atoms. The molecule has 0 aliphatic rings. The van der Waals surface area contributed by atoms with Crippen LogP contribution in [0.15, 0.2) is 42.9 Å². The first-order valence-electron chi connectivity index (χ1n) is 8.62. The van der Waals surface area contributed by atoms with Crippen molar-refractivity contribution in [2.75, 3.05) is 6.54 Å². The number of imidazole rings is 1. The van der Waals surface area contributed by atoms with E-state index in [0.717, 1.165) is 25.1 Å². The highest BCUT2D eigenvalue weighted by Crippen LogP contribution is 2.06. The largest absolute Gasteiger partial charge is 0.355 e. The third-order valence-electron chi connectivity index (χ3n) is 3.92. The molecule has 0 unspecified atom stereocenters. The van der Waals surface area contributed by atoms with Gasteiger partial charge in [-0.2, -0.15) is 0 Å². The van der Waals surface area contributed by atoms with Crippen LogP contribution < -0.4 is 11.1 Å². The monoisotopic (exact) mass is 400 g/mol. The zero-order valence-electron chi connectivity index (χ0n) is 15.4. The zero-order chi connectivity index (χ0) is 17.4. The molecular weight excluding hydrogens is 371 g/mol. The molecule has 1 aromatic heterocycles. The lowest BCUT2D eigenvalue weighted by atomic mass is 10.1. The summed E-state index contributed by atoms with van der Waals surface area (Å²) in [5.74, 6) is 0.556. The molecule has 5 nitrogen and oxygen atoms in total. The maximum atomic E-state index is 12.0. The maximum Gasteiger partial charge on any atom is 0.237 e. The van der Waals surface area contributed by atoms with E-state index in [2.05, 4.69) is 36.3 Å². The third-order valence-corrected chi connectivity index (χ3v) is 3.92. The quantitative estimate of drug-likeness (QED) is 0.634. The topological polar surface area (TPSA) is 72.9 Å². The molecule has 3 N–H and O–H groups in total. The molecule has 0 aliphatic heterocycles. The van der Waals surface area contributed by atoms with Crippen molar-refractivity contribution < 1.29 is 4.79 Å². The number of carbonyl (C=O) groups excluding carboxylic acids is 1. The smallest absolute Gasteiger partial charge is 0.237 e. The molecule has 7 heteroatoms. The van der Waals surface area contributed by atoms with Crippen LogP contribution in [0.3, 0.4) is 0 Å². The average Bonchev–Trinajstić information content (AvgIpc) is 2.99. The molecule has 2 aromatic rings. The number of halogens is 2. The van der Waals surface area contributed by atoms with E-state index in [1.807, 2.05) is 29.0 Å². The van der Waals surface area contributed by atoms with Crippen molar-refractivity contribution in [1.29, 1.82) is 0 Å². The molecule has 1 aromatic carbocycles.